The van der Waals surface area contributed by atoms with E-state index in [1.165, 1.54) is 12.1 Å². The fourth-order valence-electron chi connectivity index (χ4n) is 3.62. The van der Waals surface area contributed by atoms with E-state index in [9.17, 15) is 24.6 Å². The fourth-order valence-corrected chi connectivity index (χ4v) is 4.61. The number of aliphatic hydroxyl groups excluding tert-OH is 1. The molecule has 0 heterocycles. The molecule has 1 unspecified atom stereocenters. The Morgan fingerprint density at radius 3 is 2.21 bits per heavy atom. The van der Waals surface area contributed by atoms with E-state index in [2.05, 4.69) is 10.3 Å². The van der Waals surface area contributed by atoms with Crippen LogP contribution in [0.3, 0.4) is 0 Å². The lowest BCUT2D eigenvalue weighted by Crippen LogP contribution is -2.43. The molecule has 0 radical (unpaired) electrons. The number of carboxylic acid groups (broad SMARTS) is 1. The molecule has 2 rings (SSSR count). The number of carbonyl (C=O) groups excluding carboxylic acids is 2. The number of carbonyl (C=O) groups is 3. The molecule has 0 saturated heterocycles. The van der Waals surface area contributed by atoms with Gasteiger partial charge >= 0.3 is 5.97 Å². The van der Waals surface area contributed by atoms with Gasteiger partial charge in [0.25, 0.3) is 5.91 Å². The molecular weight excluding hydrogens is 491 g/mol. The molecule has 0 fully saturated rings. The van der Waals surface area contributed by atoms with Crippen LogP contribution in [-0.2, 0) is 9.59 Å². The number of benzene rings is 1. The highest BCUT2D eigenvalue weighted by Gasteiger charge is 2.35. The highest BCUT2D eigenvalue weighted by Crippen LogP contribution is 2.37. The first kappa shape index (κ1) is 27.2. The Morgan fingerprint density at radius 1 is 1.15 bits per heavy atom. The second kappa shape index (κ2) is 10.9. The van der Waals surface area contributed by atoms with Crippen LogP contribution < -0.4 is 5.32 Å². The lowest BCUT2D eigenvalue weighted by atomic mass is 9.75. The van der Waals surface area contributed by atoms with Crippen molar-refractivity contribution in [2.24, 2.45) is 16.3 Å². The fraction of sp³-hybridized carbons (Fsp3) is 0.478. The zero-order valence-corrected chi connectivity index (χ0v) is 21.1. The van der Waals surface area contributed by atoms with Gasteiger partial charge in [-0.3, -0.25) is 14.6 Å². The summed E-state index contributed by atoms with van der Waals surface area (Å²) in [5, 5.41) is 22.7. The predicted octanol–water partition coefficient (Wildman–Crippen LogP) is 5.52. The first-order chi connectivity index (χ1) is 15.2. The summed E-state index contributed by atoms with van der Waals surface area (Å²) in [6, 6.07) is 1.23. The minimum atomic E-state index is -1.42. The van der Waals surface area contributed by atoms with Crippen LogP contribution in [0.5, 0.6) is 0 Å². The van der Waals surface area contributed by atoms with Gasteiger partial charge < -0.3 is 15.5 Å². The van der Waals surface area contributed by atoms with E-state index < -0.39 is 17.9 Å². The minimum Gasteiger partial charge on any atom is -0.511 e. The number of allylic oxidation sites excluding steroid dienone is 2. The lowest BCUT2D eigenvalue weighted by molar-refractivity contribution is -0.138. The average Bonchev–Trinajstić information content (AvgIpc) is 2.61. The predicted molar refractivity (Wildman–Crippen MR) is 130 cm³/mol. The summed E-state index contributed by atoms with van der Waals surface area (Å²) in [6.45, 7) is 7.27. The molecule has 0 aromatic heterocycles. The van der Waals surface area contributed by atoms with Gasteiger partial charge in [0.05, 0.1) is 27.7 Å². The van der Waals surface area contributed by atoms with Crippen LogP contribution in [-0.4, -0.2) is 46.2 Å². The zero-order valence-electron chi connectivity index (χ0n) is 18.8. The van der Waals surface area contributed by atoms with Crippen molar-refractivity contribution in [2.45, 2.75) is 53.0 Å². The van der Waals surface area contributed by atoms with Crippen LogP contribution in [0.4, 0.5) is 0 Å². The van der Waals surface area contributed by atoms with Crippen LogP contribution in [0, 0.1) is 11.3 Å². The van der Waals surface area contributed by atoms with Crippen LogP contribution in [0.25, 0.3) is 0 Å². The Bertz CT molecular complexity index is 1010. The van der Waals surface area contributed by atoms with Crippen molar-refractivity contribution in [3.8, 4) is 0 Å². The molecule has 0 aliphatic heterocycles. The van der Waals surface area contributed by atoms with E-state index in [0.717, 1.165) is 0 Å². The maximum absolute atomic E-state index is 12.8. The monoisotopic (exact) mass is 516 g/mol. The SMILES string of the molecule is CC(C)CC(=NCC(NC(=O)c1c(Cl)cc(Cl)cc1Cl)C(=O)O)C1=C(O)CC(C)(C)CC1=O. The molecule has 1 aliphatic rings. The first-order valence-corrected chi connectivity index (χ1v) is 11.5. The van der Waals surface area contributed by atoms with Crippen molar-refractivity contribution in [2.75, 3.05) is 6.54 Å². The number of nitrogens with one attached hydrogen (secondary N) is 1. The van der Waals surface area contributed by atoms with Gasteiger partial charge in [-0.15, -0.1) is 0 Å². The lowest BCUT2D eigenvalue weighted by Gasteiger charge is -2.30. The number of halogens is 3. The normalized spacial score (nSPS) is 17.3. The molecular formula is C23H27Cl3N2O5. The molecule has 1 aromatic rings. The van der Waals surface area contributed by atoms with E-state index >= 15 is 0 Å². The summed E-state index contributed by atoms with van der Waals surface area (Å²) in [5.41, 5.74) is -0.0128. The number of aliphatic carboxylic acids is 1. The Hall–Kier alpha value is -2.09. The Morgan fingerprint density at radius 2 is 1.73 bits per heavy atom. The molecule has 1 amide bonds. The number of ketones is 1. The molecule has 0 spiro atoms. The first-order valence-electron chi connectivity index (χ1n) is 10.4. The molecule has 33 heavy (non-hydrogen) atoms. The number of aliphatic imine (C=N–C) groups is 1. The number of aliphatic hydroxyl groups is 1. The molecule has 3 N–H and O–H groups in total. The van der Waals surface area contributed by atoms with Crippen molar-refractivity contribution in [1.29, 1.82) is 0 Å². The summed E-state index contributed by atoms with van der Waals surface area (Å²) >= 11 is 18.0. The molecule has 0 bridgehead atoms. The van der Waals surface area contributed by atoms with Crippen LogP contribution in [0.1, 0.15) is 57.3 Å². The van der Waals surface area contributed by atoms with Crippen molar-refractivity contribution >= 4 is 58.2 Å². The molecule has 180 valence electrons. The third kappa shape index (κ3) is 7.19. The number of hydrogen-bond acceptors (Lipinski definition) is 5. The zero-order chi connectivity index (χ0) is 25.1. The molecule has 7 nitrogen and oxygen atoms in total. The smallest absolute Gasteiger partial charge is 0.328 e. The van der Waals surface area contributed by atoms with Crippen molar-refractivity contribution in [3.63, 3.8) is 0 Å². The number of carboxylic acids is 1. The van der Waals surface area contributed by atoms with Gasteiger partial charge in [0.2, 0.25) is 0 Å². The van der Waals surface area contributed by atoms with Gasteiger partial charge in [0.15, 0.2) is 5.78 Å². The number of rotatable bonds is 8. The topological polar surface area (TPSA) is 116 Å². The van der Waals surface area contributed by atoms with Gasteiger partial charge in [-0.1, -0.05) is 62.5 Å². The average molecular weight is 518 g/mol. The van der Waals surface area contributed by atoms with Gasteiger partial charge in [-0.05, 0) is 29.9 Å². The maximum Gasteiger partial charge on any atom is 0.328 e. The summed E-state index contributed by atoms with van der Waals surface area (Å²) < 4.78 is 0. The molecule has 1 aliphatic carbocycles. The molecule has 1 atom stereocenters. The number of Topliss-reactive ketones (excluding diaryl/α,β-unsaturated/α-hetero) is 1. The summed E-state index contributed by atoms with van der Waals surface area (Å²) in [5.74, 6) is -2.32. The van der Waals surface area contributed by atoms with E-state index in [-0.39, 0.29) is 62.0 Å². The third-order valence-electron chi connectivity index (χ3n) is 5.04. The molecule has 0 saturated carbocycles. The molecule has 1 aromatic carbocycles. The van der Waals surface area contributed by atoms with E-state index in [1.807, 2.05) is 27.7 Å². The van der Waals surface area contributed by atoms with Crippen LogP contribution in [0.15, 0.2) is 28.5 Å². The third-order valence-corrected chi connectivity index (χ3v) is 5.86. The number of hydrogen-bond donors (Lipinski definition) is 3. The van der Waals surface area contributed by atoms with Gasteiger partial charge in [0, 0.05) is 23.6 Å². The quantitative estimate of drug-likeness (QED) is 0.393. The van der Waals surface area contributed by atoms with Crippen LogP contribution >= 0.6 is 34.8 Å². The second-order valence-electron chi connectivity index (χ2n) is 9.26. The van der Waals surface area contributed by atoms with Gasteiger partial charge in [-0.25, -0.2) is 4.79 Å². The van der Waals surface area contributed by atoms with Crippen molar-refractivity contribution < 1.29 is 24.6 Å². The van der Waals surface area contributed by atoms with E-state index in [1.54, 1.807) is 0 Å². The minimum absolute atomic E-state index is 0.0244. The Balaban J connectivity index is 2.34. The Kier molecular flexibility index (Phi) is 8.96. The number of amides is 1. The van der Waals surface area contributed by atoms with Crippen molar-refractivity contribution in [3.05, 3.63) is 44.1 Å². The molecule has 10 heteroatoms. The highest BCUT2D eigenvalue weighted by atomic mass is 35.5. The summed E-state index contributed by atoms with van der Waals surface area (Å²) in [7, 11) is 0. The van der Waals surface area contributed by atoms with Gasteiger partial charge in [0.1, 0.15) is 11.8 Å². The maximum atomic E-state index is 12.8. The summed E-state index contributed by atoms with van der Waals surface area (Å²) in [6.07, 6.45) is 0.925. The van der Waals surface area contributed by atoms with Crippen LogP contribution in [0.2, 0.25) is 15.1 Å². The van der Waals surface area contributed by atoms with Gasteiger partial charge in [-0.2, -0.15) is 0 Å². The second-order valence-corrected chi connectivity index (χ2v) is 10.5. The standard InChI is InChI=1S/C23H27Cl3N2O5/c1-11(2)5-15(20-17(29)8-23(3,4)9-18(20)30)27-10-16(22(32)33)28-21(31)19-13(25)6-12(24)7-14(19)26/h6-7,11,16,29H,5,8-10H2,1-4H3,(H,28,31)(H,32,33). The van der Waals surface area contributed by atoms with E-state index in [0.29, 0.717) is 18.6 Å². The summed E-state index contributed by atoms with van der Waals surface area (Å²) in [4.78, 5) is 41.6. The number of nitrogens with zero attached hydrogens (tertiary/aromatic N) is 1. The van der Waals surface area contributed by atoms with E-state index in [4.69, 9.17) is 34.8 Å². The largest absolute Gasteiger partial charge is 0.511 e. The highest BCUT2D eigenvalue weighted by molar-refractivity contribution is 6.42. The van der Waals surface area contributed by atoms with Crippen molar-refractivity contribution in [1.82, 2.24) is 5.32 Å². The Labute approximate surface area is 207 Å².